The van der Waals surface area contributed by atoms with Crippen LogP contribution in [-0.4, -0.2) is 33.4 Å². The molecule has 5 nitrogen and oxygen atoms in total. The molecule has 0 aromatic carbocycles. The number of carbonyl (C=O) groups is 1. The summed E-state index contributed by atoms with van der Waals surface area (Å²) in [6.45, 7) is 4.91. The second kappa shape index (κ2) is 8.49. The monoisotopic (exact) mass is 372 g/mol. The van der Waals surface area contributed by atoms with Crippen LogP contribution in [0.2, 0.25) is 5.02 Å². The zero-order valence-electron chi connectivity index (χ0n) is 15.3. The lowest BCUT2D eigenvalue weighted by molar-refractivity contribution is 0.0600. The molecule has 1 aliphatic rings. The third-order valence-electron chi connectivity index (χ3n) is 4.77. The van der Waals surface area contributed by atoms with E-state index in [9.17, 15) is 4.79 Å². The average Bonchev–Trinajstić information content (AvgIpc) is 2.65. The van der Waals surface area contributed by atoms with Gasteiger partial charge in [-0.15, -0.1) is 0 Å². The first kappa shape index (κ1) is 18.6. The van der Waals surface area contributed by atoms with Gasteiger partial charge in [0.25, 0.3) is 5.91 Å². The van der Waals surface area contributed by atoms with E-state index >= 15 is 0 Å². The summed E-state index contributed by atoms with van der Waals surface area (Å²) < 4.78 is 0. The van der Waals surface area contributed by atoms with Crippen molar-refractivity contribution in [3.63, 3.8) is 0 Å². The summed E-state index contributed by atoms with van der Waals surface area (Å²) in [5, 5.41) is 3.57. The number of amides is 1. The van der Waals surface area contributed by atoms with Crippen LogP contribution >= 0.6 is 11.6 Å². The van der Waals surface area contributed by atoms with Gasteiger partial charge in [0.05, 0.1) is 22.5 Å². The summed E-state index contributed by atoms with van der Waals surface area (Å²) in [4.78, 5) is 23.5. The fourth-order valence-corrected chi connectivity index (χ4v) is 3.61. The lowest BCUT2D eigenvalue weighted by Crippen LogP contribution is -2.43. The second-order valence-electron chi connectivity index (χ2n) is 6.80. The summed E-state index contributed by atoms with van der Waals surface area (Å²) in [7, 11) is 0. The van der Waals surface area contributed by atoms with Crippen molar-refractivity contribution in [3.05, 3.63) is 46.9 Å². The first-order valence-corrected chi connectivity index (χ1v) is 9.62. The van der Waals surface area contributed by atoms with Crippen LogP contribution in [0.15, 0.2) is 30.6 Å². The SMILES string of the molecule is CCC[C@H]1CCCCN1C(=O)c1cnc(Nc2ccc(C)nc2)c(Cl)c1. The molecule has 3 rings (SSSR count). The van der Waals surface area contributed by atoms with Crippen molar-refractivity contribution < 1.29 is 4.79 Å². The van der Waals surface area contributed by atoms with Crippen molar-refractivity contribution >= 4 is 29.0 Å². The summed E-state index contributed by atoms with van der Waals surface area (Å²) >= 11 is 6.37. The van der Waals surface area contributed by atoms with Gasteiger partial charge in [-0.3, -0.25) is 9.78 Å². The van der Waals surface area contributed by atoms with Gasteiger partial charge < -0.3 is 10.2 Å². The molecule has 1 saturated heterocycles. The van der Waals surface area contributed by atoms with Gasteiger partial charge >= 0.3 is 0 Å². The molecule has 1 atom stereocenters. The third-order valence-corrected chi connectivity index (χ3v) is 5.06. The predicted molar refractivity (Wildman–Crippen MR) is 105 cm³/mol. The highest BCUT2D eigenvalue weighted by Crippen LogP contribution is 2.27. The normalized spacial score (nSPS) is 17.2. The lowest BCUT2D eigenvalue weighted by atomic mass is 9.97. The van der Waals surface area contributed by atoms with E-state index in [0.717, 1.165) is 43.6 Å². The third kappa shape index (κ3) is 4.33. The number of nitrogens with one attached hydrogen (secondary N) is 1. The van der Waals surface area contributed by atoms with E-state index in [4.69, 9.17) is 11.6 Å². The Kier molecular flexibility index (Phi) is 6.09. The molecule has 1 amide bonds. The maximum absolute atomic E-state index is 12.9. The molecule has 26 heavy (non-hydrogen) atoms. The first-order valence-electron chi connectivity index (χ1n) is 9.24. The van der Waals surface area contributed by atoms with E-state index in [1.165, 1.54) is 6.42 Å². The van der Waals surface area contributed by atoms with Crippen LogP contribution in [0, 0.1) is 6.92 Å². The van der Waals surface area contributed by atoms with Crippen molar-refractivity contribution in [2.45, 2.75) is 52.0 Å². The van der Waals surface area contributed by atoms with E-state index in [2.05, 4.69) is 22.2 Å². The highest BCUT2D eigenvalue weighted by molar-refractivity contribution is 6.33. The maximum Gasteiger partial charge on any atom is 0.255 e. The number of nitrogens with zero attached hydrogens (tertiary/aromatic N) is 3. The number of pyridine rings is 2. The van der Waals surface area contributed by atoms with E-state index < -0.39 is 0 Å². The van der Waals surface area contributed by atoms with Gasteiger partial charge in [-0.25, -0.2) is 4.98 Å². The van der Waals surface area contributed by atoms with Crippen LogP contribution in [0.3, 0.4) is 0 Å². The number of aromatic nitrogens is 2. The first-order chi connectivity index (χ1) is 12.6. The minimum Gasteiger partial charge on any atom is -0.338 e. The molecule has 0 radical (unpaired) electrons. The van der Waals surface area contributed by atoms with Crippen molar-refractivity contribution in [2.24, 2.45) is 0 Å². The summed E-state index contributed by atoms with van der Waals surface area (Å²) in [5.74, 6) is 0.554. The quantitative estimate of drug-likeness (QED) is 0.804. The van der Waals surface area contributed by atoms with Gasteiger partial charge in [0.2, 0.25) is 0 Å². The minimum atomic E-state index is 0.0288. The second-order valence-corrected chi connectivity index (χ2v) is 7.21. The molecule has 1 aliphatic heterocycles. The molecule has 0 bridgehead atoms. The van der Waals surface area contributed by atoms with Gasteiger partial charge in [-0.05, 0) is 50.8 Å². The lowest BCUT2D eigenvalue weighted by Gasteiger charge is -2.35. The van der Waals surface area contributed by atoms with Gasteiger partial charge in [-0.2, -0.15) is 0 Å². The van der Waals surface area contributed by atoms with Crippen LogP contribution < -0.4 is 5.32 Å². The predicted octanol–water partition coefficient (Wildman–Crippen LogP) is 4.98. The molecule has 2 aromatic heterocycles. The topological polar surface area (TPSA) is 58.1 Å². The molecule has 0 spiro atoms. The molecule has 0 unspecified atom stereocenters. The fourth-order valence-electron chi connectivity index (χ4n) is 3.39. The van der Waals surface area contributed by atoms with E-state index in [-0.39, 0.29) is 5.91 Å². The number of likely N-dealkylation sites (tertiary alicyclic amines) is 1. The molecule has 0 saturated carbocycles. The number of aryl methyl sites for hydroxylation is 1. The smallest absolute Gasteiger partial charge is 0.255 e. The summed E-state index contributed by atoms with van der Waals surface area (Å²) in [6.07, 6.45) is 8.81. The Morgan fingerprint density at radius 2 is 2.15 bits per heavy atom. The van der Waals surface area contributed by atoms with E-state index in [0.29, 0.717) is 22.4 Å². The number of carbonyl (C=O) groups excluding carboxylic acids is 1. The Labute approximate surface area is 159 Å². The molecule has 138 valence electrons. The van der Waals surface area contributed by atoms with Crippen LogP contribution in [0.1, 0.15) is 55.1 Å². The molecule has 2 aromatic rings. The molecule has 1 fully saturated rings. The molecule has 1 N–H and O–H groups in total. The van der Waals surface area contributed by atoms with Crippen LogP contribution in [0.5, 0.6) is 0 Å². The zero-order chi connectivity index (χ0) is 18.5. The van der Waals surface area contributed by atoms with Crippen molar-refractivity contribution in [2.75, 3.05) is 11.9 Å². The largest absolute Gasteiger partial charge is 0.338 e. The minimum absolute atomic E-state index is 0.0288. The number of anilines is 2. The van der Waals surface area contributed by atoms with Crippen LogP contribution in [-0.2, 0) is 0 Å². The zero-order valence-corrected chi connectivity index (χ0v) is 16.1. The fraction of sp³-hybridized carbons (Fsp3) is 0.450. The number of piperidine rings is 1. The van der Waals surface area contributed by atoms with Crippen molar-refractivity contribution in [1.82, 2.24) is 14.9 Å². The van der Waals surface area contributed by atoms with E-state index in [1.54, 1.807) is 18.5 Å². The molecular formula is C20H25ClN4O. The summed E-state index contributed by atoms with van der Waals surface area (Å²) in [5.41, 5.74) is 2.30. The summed E-state index contributed by atoms with van der Waals surface area (Å²) in [6, 6.07) is 5.87. The number of hydrogen-bond donors (Lipinski definition) is 1. The standard InChI is InChI=1S/C20H25ClN4O/c1-3-6-17-7-4-5-10-25(17)20(26)15-11-18(21)19(23-12-15)24-16-9-8-14(2)22-13-16/h8-9,11-13,17H,3-7,10H2,1-2H3,(H,23,24)/t17-/m0/s1. The molecule has 3 heterocycles. The Balaban J connectivity index is 1.75. The number of rotatable bonds is 5. The van der Waals surface area contributed by atoms with E-state index in [1.807, 2.05) is 24.0 Å². The Hall–Kier alpha value is -2.14. The number of halogens is 1. The highest BCUT2D eigenvalue weighted by Gasteiger charge is 2.27. The maximum atomic E-state index is 12.9. The Morgan fingerprint density at radius 1 is 1.31 bits per heavy atom. The molecule has 6 heteroatoms. The Morgan fingerprint density at radius 3 is 2.85 bits per heavy atom. The number of hydrogen-bond acceptors (Lipinski definition) is 4. The van der Waals surface area contributed by atoms with Crippen molar-refractivity contribution in [3.8, 4) is 0 Å². The molecule has 0 aliphatic carbocycles. The van der Waals surface area contributed by atoms with Crippen LogP contribution in [0.25, 0.3) is 0 Å². The van der Waals surface area contributed by atoms with Gasteiger partial charge in [0.1, 0.15) is 5.82 Å². The highest BCUT2D eigenvalue weighted by atomic mass is 35.5. The van der Waals surface area contributed by atoms with Gasteiger partial charge in [-0.1, -0.05) is 24.9 Å². The average molecular weight is 373 g/mol. The van der Waals surface area contributed by atoms with Gasteiger partial charge in [0.15, 0.2) is 0 Å². The molecular weight excluding hydrogens is 348 g/mol. The van der Waals surface area contributed by atoms with Gasteiger partial charge in [0, 0.05) is 24.5 Å². The van der Waals surface area contributed by atoms with Crippen molar-refractivity contribution in [1.29, 1.82) is 0 Å². The van der Waals surface area contributed by atoms with Crippen LogP contribution in [0.4, 0.5) is 11.5 Å². The Bertz CT molecular complexity index is 761.